The lowest BCUT2D eigenvalue weighted by Crippen LogP contribution is -2.25. The number of nitrogens with one attached hydrogen (secondary N) is 1. The molecule has 0 aliphatic carbocycles. The van der Waals surface area contributed by atoms with Crippen LogP contribution in [0.5, 0.6) is 0 Å². The van der Waals surface area contributed by atoms with E-state index in [0.29, 0.717) is 5.92 Å². The second-order valence-electron chi connectivity index (χ2n) is 3.59. The summed E-state index contributed by atoms with van der Waals surface area (Å²) in [5, 5.41) is 9.29. The molecule has 0 aromatic carbocycles. The second kappa shape index (κ2) is 3.57. The third kappa shape index (κ3) is 1.80. The topological polar surface area (TPSA) is 42.7 Å². The van der Waals surface area contributed by atoms with Gasteiger partial charge in [0.25, 0.3) is 0 Å². The third-order valence-electron chi connectivity index (χ3n) is 1.89. The van der Waals surface area contributed by atoms with Crippen molar-refractivity contribution in [3.63, 3.8) is 0 Å². The maximum Gasteiger partial charge on any atom is 0.210 e. The molecule has 0 spiro atoms. The van der Waals surface area contributed by atoms with E-state index in [1.165, 1.54) is 0 Å². The van der Waals surface area contributed by atoms with E-state index in [1.54, 1.807) is 11.8 Å². The van der Waals surface area contributed by atoms with Gasteiger partial charge in [-0.15, -0.1) is 10.2 Å². The molecular weight excluding hydrogens is 184 g/mol. The van der Waals surface area contributed by atoms with Gasteiger partial charge in [-0.1, -0.05) is 25.6 Å². The average molecular weight is 198 g/mol. The highest BCUT2D eigenvalue weighted by molar-refractivity contribution is 7.99. The largest absolute Gasteiger partial charge is 0.321 e. The highest BCUT2D eigenvalue weighted by atomic mass is 32.2. The first-order valence-corrected chi connectivity index (χ1v) is 5.57. The van der Waals surface area contributed by atoms with E-state index in [0.717, 1.165) is 29.7 Å². The first kappa shape index (κ1) is 8.87. The molecule has 1 N–H and O–H groups in total. The summed E-state index contributed by atoms with van der Waals surface area (Å²) < 4.78 is 2.02. The second-order valence-corrected chi connectivity index (χ2v) is 4.65. The summed E-state index contributed by atoms with van der Waals surface area (Å²) in [5.74, 6) is 2.76. The van der Waals surface area contributed by atoms with Crippen molar-refractivity contribution in [2.75, 3.05) is 17.7 Å². The van der Waals surface area contributed by atoms with Crippen LogP contribution in [0.25, 0.3) is 0 Å². The number of hydrogen-bond donors (Lipinski definition) is 1. The van der Waals surface area contributed by atoms with Gasteiger partial charge in [-0.3, -0.25) is 0 Å². The van der Waals surface area contributed by atoms with Crippen LogP contribution in [0, 0.1) is 5.92 Å². The fraction of sp³-hybridized carbons (Fsp3) is 0.750. The molecular formula is C8H14N4S. The molecule has 0 atom stereocenters. The van der Waals surface area contributed by atoms with Crippen molar-refractivity contribution in [3.05, 3.63) is 5.82 Å². The van der Waals surface area contributed by atoms with E-state index in [-0.39, 0.29) is 0 Å². The van der Waals surface area contributed by atoms with Crippen LogP contribution in [-0.4, -0.2) is 27.2 Å². The summed E-state index contributed by atoms with van der Waals surface area (Å²) in [6.07, 6.45) is 0.987. The van der Waals surface area contributed by atoms with E-state index < -0.39 is 0 Å². The van der Waals surface area contributed by atoms with Gasteiger partial charge in [0.15, 0.2) is 5.82 Å². The standard InChI is InChI=1S/C8H14N4S/c1-6(2)5-7-10-11-8-12(7)9-3-4-13-8/h6,9H,3-5H2,1-2H3. The minimum absolute atomic E-state index is 0.627. The van der Waals surface area contributed by atoms with Gasteiger partial charge in [0.1, 0.15) is 0 Å². The molecule has 4 nitrogen and oxygen atoms in total. The van der Waals surface area contributed by atoms with E-state index in [2.05, 4.69) is 29.5 Å². The van der Waals surface area contributed by atoms with Gasteiger partial charge >= 0.3 is 0 Å². The van der Waals surface area contributed by atoms with Crippen molar-refractivity contribution >= 4 is 11.8 Å². The normalized spacial score (nSPS) is 15.6. The van der Waals surface area contributed by atoms with Crippen LogP contribution in [0.1, 0.15) is 19.7 Å². The Labute approximate surface area is 82.1 Å². The molecule has 0 amide bonds. The number of hydrogen-bond acceptors (Lipinski definition) is 4. The third-order valence-corrected chi connectivity index (χ3v) is 2.83. The Balaban J connectivity index is 2.21. The zero-order valence-corrected chi connectivity index (χ0v) is 8.77. The number of thioether (sulfide) groups is 1. The van der Waals surface area contributed by atoms with E-state index in [4.69, 9.17) is 0 Å². The fourth-order valence-electron chi connectivity index (χ4n) is 1.35. The quantitative estimate of drug-likeness (QED) is 0.773. The number of fused-ring (bicyclic) bond motifs is 1. The van der Waals surface area contributed by atoms with Crippen LogP contribution in [0.15, 0.2) is 5.16 Å². The lowest BCUT2D eigenvalue weighted by Gasteiger charge is -2.16. The molecule has 2 rings (SSSR count). The van der Waals surface area contributed by atoms with Crippen molar-refractivity contribution in [3.8, 4) is 0 Å². The van der Waals surface area contributed by atoms with Gasteiger partial charge in [0.05, 0.1) is 0 Å². The molecule has 0 saturated heterocycles. The van der Waals surface area contributed by atoms with E-state index in [9.17, 15) is 0 Å². The molecule has 0 unspecified atom stereocenters. The molecule has 0 bridgehead atoms. The zero-order valence-electron chi connectivity index (χ0n) is 7.95. The molecule has 0 fully saturated rings. The van der Waals surface area contributed by atoms with Gasteiger partial charge in [-0.05, 0) is 5.92 Å². The number of rotatable bonds is 2. The predicted octanol–water partition coefficient (Wildman–Crippen LogP) is 1.13. The minimum Gasteiger partial charge on any atom is -0.321 e. The lowest BCUT2D eigenvalue weighted by molar-refractivity contribution is 0.590. The van der Waals surface area contributed by atoms with Crippen molar-refractivity contribution in [2.45, 2.75) is 25.4 Å². The highest BCUT2D eigenvalue weighted by Gasteiger charge is 2.16. The zero-order chi connectivity index (χ0) is 9.26. The van der Waals surface area contributed by atoms with Crippen LogP contribution in [-0.2, 0) is 6.42 Å². The predicted molar refractivity (Wildman–Crippen MR) is 53.5 cm³/mol. The van der Waals surface area contributed by atoms with Crippen LogP contribution in [0.4, 0.5) is 0 Å². The van der Waals surface area contributed by atoms with Crippen LogP contribution >= 0.6 is 11.8 Å². The fourth-order valence-corrected chi connectivity index (χ4v) is 2.12. The Morgan fingerprint density at radius 3 is 3.15 bits per heavy atom. The first-order chi connectivity index (χ1) is 6.27. The summed E-state index contributed by atoms with van der Waals surface area (Å²) in [7, 11) is 0. The molecule has 0 saturated carbocycles. The Hall–Kier alpha value is -0.710. The van der Waals surface area contributed by atoms with Crippen LogP contribution in [0.2, 0.25) is 0 Å². The Bertz CT molecular complexity index is 294. The van der Waals surface area contributed by atoms with Crippen molar-refractivity contribution in [2.24, 2.45) is 5.92 Å². The highest BCUT2D eigenvalue weighted by Crippen LogP contribution is 2.19. The molecule has 72 valence electrons. The molecule has 0 radical (unpaired) electrons. The van der Waals surface area contributed by atoms with Gasteiger partial charge in [0.2, 0.25) is 5.16 Å². The molecule has 1 aromatic heterocycles. The van der Waals surface area contributed by atoms with E-state index in [1.807, 2.05) is 4.68 Å². The number of aromatic nitrogens is 3. The smallest absolute Gasteiger partial charge is 0.210 e. The Kier molecular flexibility index (Phi) is 2.44. The van der Waals surface area contributed by atoms with Gasteiger partial charge in [0, 0.05) is 18.7 Å². The maximum atomic E-state index is 4.17. The molecule has 1 aliphatic rings. The summed E-state index contributed by atoms with van der Waals surface area (Å²) in [6, 6.07) is 0. The SMILES string of the molecule is CC(C)Cc1nnc2n1NCCS2. The van der Waals surface area contributed by atoms with Crippen molar-refractivity contribution < 1.29 is 0 Å². The molecule has 5 heteroatoms. The summed E-state index contributed by atoms with van der Waals surface area (Å²) in [5.41, 5.74) is 3.29. The average Bonchev–Trinajstić information content (AvgIpc) is 2.48. The van der Waals surface area contributed by atoms with Gasteiger partial charge < -0.3 is 5.43 Å². The minimum atomic E-state index is 0.627. The van der Waals surface area contributed by atoms with Crippen LogP contribution < -0.4 is 5.43 Å². The van der Waals surface area contributed by atoms with Gasteiger partial charge in [-0.2, -0.15) is 0 Å². The molecule has 1 aromatic rings. The van der Waals surface area contributed by atoms with Gasteiger partial charge in [-0.25, -0.2) is 4.68 Å². The Morgan fingerprint density at radius 2 is 2.38 bits per heavy atom. The number of nitrogens with zero attached hydrogens (tertiary/aromatic N) is 3. The van der Waals surface area contributed by atoms with Crippen molar-refractivity contribution in [1.29, 1.82) is 0 Å². The monoisotopic (exact) mass is 198 g/mol. The summed E-state index contributed by atoms with van der Waals surface area (Å²) in [4.78, 5) is 0. The first-order valence-electron chi connectivity index (χ1n) is 4.58. The van der Waals surface area contributed by atoms with Crippen LogP contribution in [0.3, 0.4) is 0 Å². The molecule has 1 aliphatic heterocycles. The summed E-state index contributed by atoms with van der Waals surface area (Å²) >= 11 is 1.76. The summed E-state index contributed by atoms with van der Waals surface area (Å²) in [6.45, 7) is 5.38. The molecule has 2 heterocycles. The lowest BCUT2D eigenvalue weighted by atomic mass is 10.1. The Morgan fingerprint density at radius 1 is 1.54 bits per heavy atom. The van der Waals surface area contributed by atoms with Crippen molar-refractivity contribution in [1.82, 2.24) is 14.9 Å². The maximum absolute atomic E-state index is 4.17. The molecule has 13 heavy (non-hydrogen) atoms. The van der Waals surface area contributed by atoms with E-state index >= 15 is 0 Å².